The van der Waals surface area contributed by atoms with E-state index in [1.807, 2.05) is 24.3 Å². The van der Waals surface area contributed by atoms with Gasteiger partial charge in [0.2, 0.25) is 5.12 Å². The van der Waals surface area contributed by atoms with E-state index in [2.05, 4.69) is 27.8 Å². The first-order valence-corrected chi connectivity index (χ1v) is 8.27. The van der Waals surface area contributed by atoms with Gasteiger partial charge in [-0.3, -0.25) is 4.79 Å². The third kappa shape index (κ3) is 3.26. The Hall–Kier alpha value is -1.97. The summed E-state index contributed by atoms with van der Waals surface area (Å²) < 4.78 is 0.965. The first kappa shape index (κ1) is 14.9. The molecule has 2 N–H and O–H groups in total. The number of benzene rings is 1. The third-order valence-corrected chi connectivity index (χ3v) is 4.61. The van der Waals surface area contributed by atoms with Crippen LogP contribution < -0.4 is 5.73 Å². The number of thiazole rings is 2. The molecule has 9 heteroatoms. The monoisotopic (exact) mass is 350 g/mol. The van der Waals surface area contributed by atoms with Gasteiger partial charge in [0.1, 0.15) is 0 Å². The molecule has 0 atom stereocenters. The van der Waals surface area contributed by atoms with Gasteiger partial charge in [-0.2, -0.15) is 0 Å². The van der Waals surface area contributed by atoms with Crippen LogP contribution in [0, 0.1) is 0 Å². The molecule has 112 valence electrons. The molecule has 2 aromatic heterocycles. The second kappa shape index (κ2) is 6.42. The van der Waals surface area contributed by atoms with E-state index in [1.54, 1.807) is 5.38 Å². The van der Waals surface area contributed by atoms with E-state index >= 15 is 0 Å². The molecule has 3 rings (SSSR count). The number of carbonyl (C=O) groups is 1. The molecule has 0 aliphatic rings. The molecule has 22 heavy (non-hydrogen) atoms. The van der Waals surface area contributed by atoms with E-state index < -0.39 is 5.12 Å². The van der Waals surface area contributed by atoms with E-state index in [0.29, 0.717) is 15.8 Å². The second-order valence-corrected chi connectivity index (χ2v) is 6.51. The van der Waals surface area contributed by atoms with Gasteiger partial charge in [0.15, 0.2) is 22.5 Å². The Labute approximate surface area is 139 Å². The molecule has 0 aliphatic carbocycles. The molecule has 0 spiro atoms. The largest absolute Gasteiger partial charge is 0.389 e. The van der Waals surface area contributed by atoms with Gasteiger partial charge in [0.25, 0.3) is 0 Å². The lowest BCUT2D eigenvalue weighted by Crippen LogP contribution is -2.10. The van der Waals surface area contributed by atoms with Gasteiger partial charge in [0, 0.05) is 5.38 Å². The van der Waals surface area contributed by atoms with Gasteiger partial charge >= 0.3 is 0 Å². The molecule has 0 amide bonds. The molecule has 0 unspecified atom stereocenters. The Morgan fingerprint density at radius 2 is 2.18 bits per heavy atom. The maximum Gasteiger partial charge on any atom is 0.241 e. The highest BCUT2D eigenvalue weighted by molar-refractivity contribution is 7.99. The topological polar surface area (TPSA) is 90.5 Å². The summed E-state index contributed by atoms with van der Waals surface area (Å²) in [7, 11) is 0. The zero-order chi connectivity index (χ0) is 15.5. The van der Waals surface area contributed by atoms with E-state index in [0.717, 1.165) is 10.2 Å². The van der Waals surface area contributed by atoms with Crippen molar-refractivity contribution in [3.8, 4) is 0 Å². The van der Waals surface area contributed by atoms with Crippen LogP contribution in [0.5, 0.6) is 0 Å². The number of carbonyl (C=O) groups excluding carboxylic acids is 1. The zero-order valence-corrected chi connectivity index (χ0v) is 13.6. The maximum atomic E-state index is 11.7. The van der Waals surface area contributed by atoms with Crippen molar-refractivity contribution in [2.45, 2.75) is 6.61 Å². The summed E-state index contributed by atoms with van der Waals surface area (Å²) in [6.45, 7) is 0.128. The molecule has 0 fully saturated rings. The van der Waals surface area contributed by atoms with Crippen LogP contribution >= 0.6 is 35.3 Å². The molecule has 1 aromatic carbocycles. The number of thiol groups is 1. The SMILES string of the molecule is Nc1nc(CON=C(C(=O)S)c2nc3ccccc3s2)cs1. The number of anilines is 1. The second-order valence-electron chi connectivity index (χ2n) is 4.18. The number of hydrogen-bond donors (Lipinski definition) is 2. The lowest BCUT2D eigenvalue weighted by atomic mass is 10.3. The number of oxime groups is 1. The molecule has 6 nitrogen and oxygen atoms in total. The molecule has 2 heterocycles. The zero-order valence-electron chi connectivity index (χ0n) is 11.1. The highest BCUT2D eigenvalue weighted by Crippen LogP contribution is 2.23. The number of rotatable bonds is 5. The summed E-state index contributed by atoms with van der Waals surface area (Å²) in [5, 5.41) is 6.05. The van der Waals surface area contributed by atoms with Gasteiger partial charge in [-0.05, 0) is 12.1 Å². The van der Waals surface area contributed by atoms with Crippen molar-refractivity contribution in [3.05, 3.63) is 40.3 Å². The predicted molar refractivity (Wildman–Crippen MR) is 91.5 cm³/mol. The summed E-state index contributed by atoms with van der Waals surface area (Å²) in [5.41, 5.74) is 7.07. The average molecular weight is 350 g/mol. The Morgan fingerprint density at radius 1 is 1.36 bits per heavy atom. The average Bonchev–Trinajstić information content (AvgIpc) is 3.08. The standard InChI is InChI=1S/C13H10N4O2S3/c14-13-15-7(6-21-13)5-19-17-10(12(18)20)11-16-8-3-1-2-4-9(8)22-11/h1-4,6H,5H2,(H2,14,15)(H,18,20). The maximum absolute atomic E-state index is 11.7. The quantitative estimate of drug-likeness (QED) is 0.419. The highest BCUT2D eigenvalue weighted by Gasteiger charge is 2.16. The molecule has 0 radical (unpaired) electrons. The minimum Gasteiger partial charge on any atom is -0.389 e. The summed E-state index contributed by atoms with van der Waals surface area (Å²) >= 11 is 6.51. The Kier molecular flexibility index (Phi) is 4.36. The fourth-order valence-corrected chi connectivity index (χ4v) is 3.41. The number of nitrogen functional groups attached to an aromatic ring is 1. The van der Waals surface area contributed by atoms with Gasteiger partial charge in [-0.25, -0.2) is 9.97 Å². The first-order chi connectivity index (χ1) is 10.6. The van der Waals surface area contributed by atoms with E-state index in [1.165, 1.54) is 22.7 Å². The van der Waals surface area contributed by atoms with Crippen LogP contribution in [0.2, 0.25) is 0 Å². The van der Waals surface area contributed by atoms with Crippen LogP contribution in [0.3, 0.4) is 0 Å². The number of para-hydroxylation sites is 1. The summed E-state index contributed by atoms with van der Waals surface area (Å²) in [4.78, 5) is 25.2. The lowest BCUT2D eigenvalue weighted by molar-refractivity contribution is -0.105. The molecule has 0 bridgehead atoms. The normalized spacial score (nSPS) is 11.8. The van der Waals surface area contributed by atoms with Crippen molar-refractivity contribution in [2.75, 3.05) is 5.73 Å². The fraction of sp³-hybridized carbons (Fsp3) is 0.0769. The number of aromatic nitrogens is 2. The van der Waals surface area contributed by atoms with Crippen LogP contribution in [-0.2, 0) is 16.2 Å². The van der Waals surface area contributed by atoms with Crippen LogP contribution in [0.25, 0.3) is 10.2 Å². The molecule has 0 saturated carbocycles. The molecule has 0 aliphatic heterocycles. The first-order valence-electron chi connectivity index (χ1n) is 6.12. The van der Waals surface area contributed by atoms with Gasteiger partial charge < -0.3 is 10.6 Å². The van der Waals surface area contributed by atoms with Crippen molar-refractivity contribution >= 4 is 61.5 Å². The van der Waals surface area contributed by atoms with Gasteiger partial charge in [0.05, 0.1) is 15.9 Å². The molecule has 3 aromatic rings. The van der Waals surface area contributed by atoms with Gasteiger partial charge in [-0.1, -0.05) is 29.9 Å². The third-order valence-electron chi connectivity index (χ3n) is 2.64. The summed E-state index contributed by atoms with van der Waals surface area (Å²) in [6.07, 6.45) is 0. The fourth-order valence-electron chi connectivity index (χ4n) is 1.69. The minimum absolute atomic E-state index is 0.0766. The van der Waals surface area contributed by atoms with Crippen LogP contribution in [0.1, 0.15) is 10.7 Å². The minimum atomic E-state index is -0.503. The summed E-state index contributed by atoms with van der Waals surface area (Å²) in [6, 6.07) is 7.59. The van der Waals surface area contributed by atoms with Crippen LogP contribution in [0.4, 0.5) is 5.13 Å². The van der Waals surface area contributed by atoms with Crippen molar-refractivity contribution in [2.24, 2.45) is 5.16 Å². The van der Waals surface area contributed by atoms with Crippen molar-refractivity contribution in [1.82, 2.24) is 9.97 Å². The number of nitrogens with two attached hydrogens (primary N) is 1. The number of fused-ring (bicyclic) bond motifs is 1. The van der Waals surface area contributed by atoms with Crippen molar-refractivity contribution in [1.29, 1.82) is 0 Å². The Bertz CT molecular complexity index is 823. The van der Waals surface area contributed by atoms with E-state index in [4.69, 9.17) is 10.6 Å². The highest BCUT2D eigenvalue weighted by atomic mass is 32.1. The van der Waals surface area contributed by atoms with Crippen molar-refractivity contribution in [3.63, 3.8) is 0 Å². The van der Waals surface area contributed by atoms with Crippen LogP contribution in [-0.4, -0.2) is 20.8 Å². The smallest absolute Gasteiger partial charge is 0.241 e. The van der Waals surface area contributed by atoms with Crippen molar-refractivity contribution < 1.29 is 9.63 Å². The number of nitrogens with zero attached hydrogens (tertiary/aromatic N) is 3. The Balaban J connectivity index is 1.82. The van der Waals surface area contributed by atoms with E-state index in [9.17, 15) is 4.79 Å². The Morgan fingerprint density at radius 3 is 2.86 bits per heavy atom. The van der Waals surface area contributed by atoms with Crippen LogP contribution in [0.15, 0.2) is 34.8 Å². The van der Waals surface area contributed by atoms with Gasteiger partial charge in [-0.15, -0.1) is 22.7 Å². The number of hydrogen-bond acceptors (Lipinski definition) is 8. The molecular formula is C13H10N4O2S3. The molecular weight excluding hydrogens is 340 g/mol. The summed E-state index contributed by atoms with van der Waals surface area (Å²) in [5.74, 6) is 0. The molecule has 0 saturated heterocycles. The van der Waals surface area contributed by atoms with E-state index in [-0.39, 0.29) is 12.3 Å². The predicted octanol–water partition coefficient (Wildman–Crippen LogP) is 2.71. The lowest BCUT2D eigenvalue weighted by Gasteiger charge is -1.99.